The molecule has 1 aromatic carbocycles. The van der Waals surface area contributed by atoms with E-state index in [9.17, 15) is 0 Å². The van der Waals surface area contributed by atoms with Crippen molar-refractivity contribution in [1.82, 2.24) is 4.90 Å². The summed E-state index contributed by atoms with van der Waals surface area (Å²) in [5, 5.41) is 1.45. The number of nitrogens with zero attached hydrogens (tertiary/aromatic N) is 1. The minimum Gasteiger partial charge on any atom is -0.457 e. The first kappa shape index (κ1) is 12.3. The Hall–Kier alpha value is -1.72. The molecule has 0 spiro atoms. The number of likely N-dealkylation sites (N-methyl/N-ethyl adjacent to an activating group) is 1. The monoisotopic (exact) mass is 289 g/mol. The quantitative estimate of drug-likeness (QED) is 0.620. The van der Waals surface area contributed by atoms with Gasteiger partial charge in [-0.25, -0.2) is 0 Å². The van der Waals surface area contributed by atoms with Crippen LogP contribution in [0.1, 0.15) is 12.7 Å². The Balaban J connectivity index is 1.98. The van der Waals surface area contributed by atoms with Crippen LogP contribution in [0.4, 0.5) is 0 Å². The van der Waals surface area contributed by atoms with Crippen molar-refractivity contribution >= 4 is 51.6 Å². The predicted octanol–water partition coefficient (Wildman–Crippen LogP) is 3.74. The normalized spacial score (nSPS) is 17.5. The second kappa shape index (κ2) is 4.75. The molecule has 1 aliphatic rings. The van der Waals surface area contributed by atoms with E-state index in [0.717, 1.165) is 11.0 Å². The SMILES string of the molecule is CCN1C(=S)OC(=Cc2cc3ccccc3o2)C1=S. The van der Waals surface area contributed by atoms with Crippen LogP contribution in [-0.2, 0) is 4.74 Å². The number of fused-ring (bicyclic) bond motifs is 1. The molecule has 1 fully saturated rings. The molecule has 0 N–H and O–H groups in total. The highest BCUT2D eigenvalue weighted by Gasteiger charge is 2.28. The third-order valence-electron chi connectivity index (χ3n) is 2.91. The van der Waals surface area contributed by atoms with Gasteiger partial charge in [0.15, 0.2) is 10.7 Å². The Bertz CT molecular complexity index is 669. The van der Waals surface area contributed by atoms with Gasteiger partial charge in [-0.3, -0.25) is 4.90 Å². The summed E-state index contributed by atoms with van der Waals surface area (Å²) < 4.78 is 11.2. The Morgan fingerprint density at radius 3 is 2.74 bits per heavy atom. The van der Waals surface area contributed by atoms with Crippen molar-refractivity contribution in [3.05, 3.63) is 41.9 Å². The van der Waals surface area contributed by atoms with Crippen LogP contribution in [0, 0.1) is 0 Å². The van der Waals surface area contributed by atoms with Gasteiger partial charge in [0, 0.05) is 18.0 Å². The Labute approximate surface area is 121 Å². The predicted molar refractivity (Wildman–Crippen MR) is 82.9 cm³/mol. The first-order valence-corrected chi connectivity index (χ1v) is 6.74. The largest absolute Gasteiger partial charge is 0.457 e. The Morgan fingerprint density at radius 2 is 2.05 bits per heavy atom. The van der Waals surface area contributed by atoms with Gasteiger partial charge in [-0.2, -0.15) is 0 Å². The second-order valence-electron chi connectivity index (χ2n) is 4.11. The average molecular weight is 289 g/mol. The van der Waals surface area contributed by atoms with Crippen LogP contribution < -0.4 is 0 Å². The third-order valence-corrected chi connectivity index (χ3v) is 3.63. The van der Waals surface area contributed by atoms with Crippen LogP contribution in [-0.4, -0.2) is 21.6 Å². The van der Waals surface area contributed by atoms with Crippen LogP contribution >= 0.6 is 24.4 Å². The van der Waals surface area contributed by atoms with E-state index >= 15 is 0 Å². The molecule has 1 aliphatic heterocycles. The molecule has 3 nitrogen and oxygen atoms in total. The highest BCUT2D eigenvalue weighted by Crippen LogP contribution is 2.24. The highest BCUT2D eigenvalue weighted by atomic mass is 32.1. The first-order chi connectivity index (χ1) is 9.19. The smallest absolute Gasteiger partial charge is 0.270 e. The van der Waals surface area contributed by atoms with Gasteiger partial charge in [0.2, 0.25) is 0 Å². The summed E-state index contributed by atoms with van der Waals surface area (Å²) in [6.07, 6.45) is 1.78. The Kier molecular flexibility index (Phi) is 3.08. The molecule has 0 unspecified atom stereocenters. The fraction of sp³-hybridized carbons (Fsp3) is 0.143. The van der Waals surface area contributed by atoms with Gasteiger partial charge < -0.3 is 9.15 Å². The summed E-state index contributed by atoms with van der Waals surface area (Å²) in [7, 11) is 0. The number of thiocarbonyl (C=S) groups is 2. The maximum Gasteiger partial charge on any atom is 0.270 e. The molecule has 1 aromatic heterocycles. The molecule has 2 heterocycles. The summed E-state index contributed by atoms with van der Waals surface area (Å²) >= 11 is 10.4. The lowest BCUT2D eigenvalue weighted by molar-refractivity contribution is 0.441. The molecule has 0 radical (unpaired) electrons. The van der Waals surface area contributed by atoms with E-state index in [1.165, 1.54) is 0 Å². The van der Waals surface area contributed by atoms with Crippen LogP contribution in [0.15, 0.2) is 40.5 Å². The van der Waals surface area contributed by atoms with Crippen LogP contribution in [0.2, 0.25) is 0 Å². The van der Waals surface area contributed by atoms with Crippen molar-refractivity contribution < 1.29 is 9.15 Å². The standard InChI is InChI=1S/C14H11NO2S2/c1-2-15-13(18)12(17-14(15)19)8-10-7-9-5-3-4-6-11(9)16-10/h3-8H,2H2,1H3. The number of ether oxygens (including phenoxy) is 1. The Morgan fingerprint density at radius 1 is 1.26 bits per heavy atom. The lowest BCUT2D eigenvalue weighted by Crippen LogP contribution is -2.26. The molecule has 5 heteroatoms. The molecular weight excluding hydrogens is 278 g/mol. The molecule has 0 bridgehead atoms. The third kappa shape index (κ3) is 2.15. The minimum absolute atomic E-state index is 0.398. The highest BCUT2D eigenvalue weighted by molar-refractivity contribution is 7.82. The molecule has 0 aliphatic carbocycles. The van der Waals surface area contributed by atoms with Gasteiger partial charge in [0.05, 0.1) is 0 Å². The molecule has 19 heavy (non-hydrogen) atoms. The molecule has 2 aromatic rings. The fourth-order valence-corrected chi connectivity index (χ4v) is 2.66. The van der Waals surface area contributed by atoms with Crippen molar-refractivity contribution in [1.29, 1.82) is 0 Å². The summed E-state index contributed by atoms with van der Waals surface area (Å²) in [5.74, 6) is 1.28. The van der Waals surface area contributed by atoms with E-state index in [1.807, 2.05) is 37.3 Å². The second-order valence-corrected chi connectivity index (χ2v) is 4.85. The van der Waals surface area contributed by atoms with Crippen molar-refractivity contribution in [3.8, 4) is 0 Å². The van der Waals surface area contributed by atoms with Gasteiger partial charge in [0.1, 0.15) is 11.3 Å². The van der Waals surface area contributed by atoms with Gasteiger partial charge in [-0.1, -0.05) is 30.4 Å². The van der Waals surface area contributed by atoms with Gasteiger partial charge in [-0.05, 0) is 31.3 Å². The zero-order chi connectivity index (χ0) is 13.4. The van der Waals surface area contributed by atoms with Gasteiger partial charge in [-0.15, -0.1) is 0 Å². The molecule has 3 rings (SSSR count). The maximum atomic E-state index is 5.70. The van der Waals surface area contributed by atoms with Gasteiger partial charge in [0.25, 0.3) is 5.17 Å². The lowest BCUT2D eigenvalue weighted by atomic mass is 10.2. The van der Waals surface area contributed by atoms with Gasteiger partial charge >= 0.3 is 0 Å². The van der Waals surface area contributed by atoms with Crippen molar-refractivity contribution in [3.63, 3.8) is 0 Å². The average Bonchev–Trinajstić information content (AvgIpc) is 2.91. The van der Waals surface area contributed by atoms with Crippen molar-refractivity contribution in [2.75, 3.05) is 6.54 Å². The van der Waals surface area contributed by atoms with Crippen LogP contribution in [0.25, 0.3) is 17.0 Å². The fourth-order valence-electron chi connectivity index (χ4n) is 1.98. The number of hydrogen-bond acceptors (Lipinski definition) is 4. The van der Waals surface area contributed by atoms with E-state index in [1.54, 1.807) is 11.0 Å². The molecule has 1 saturated heterocycles. The summed E-state index contributed by atoms with van der Waals surface area (Å²) in [5.41, 5.74) is 0.841. The number of benzene rings is 1. The summed E-state index contributed by atoms with van der Waals surface area (Å²) in [4.78, 5) is 2.38. The molecule has 0 amide bonds. The molecule has 0 saturated carbocycles. The number of furan rings is 1. The first-order valence-electron chi connectivity index (χ1n) is 5.93. The van der Waals surface area contributed by atoms with E-state index in [2.05, 4.69) is 0 Å². The molecule has 96 valence electrons. The number of hydrogen-bond donors (Lipinski definition) is 0. The number of rotatable bonds is 2. The van der Waals surface area contributed by atoms with E-state index in [-0.39, 0.29) is 0 Å². The van der Waals surface area contributed by atoms with Crippen molar-refractivity contribution in [2.45, 2.75) is 6.92 Å². The summed E-state index contributed by atoms with van der Waals surface area (Å²) in [6.45, 7) is 2.68. The molecule has 0 atom stereocenters. The number of para-hydroxylation sites is 1. The van der Waals surface area contributed by atoms with E-state index in [4.69, 9.17) is 33.6 Å². The maximum absolute atomic E-state index is 5.70. The van der Waals surface area contributed by atoms with Crippen molar-refractivity contribution in [2.24, 2.45) is 0 Å². The summed E-state index contributed by atoms with van der Waals surface area (Å²) in [6, 6.07) is 9.78. The molecular formula is C14H11NO2S2. The van der Waals surface area contributed by atoms with E-state index < -0.39 is 0 Å². The minimum atomic E-state index is 0.398. The van der Waals surface area contributed by atoms with Crippen LogP contribution in [0.3, 0.4) is 0 Å². The van der Waals surface area contributed by atoms with E-state index in [0.29, 0.717) is 28.2 Å². The lowest BCUT2D eigenvalue weighted by Gasteiger charge is -2.09. The topological polar surface area (TPSA) is 25.6 Å². The zero-order valence-electron chi connectivity index (χ0n) is 10.3. The van der Waals surface area contributed by atoms with Crippen LogP contribution in [0.5, 0.6) is 0 Å². The zero-order valence-corrected chi connectivity index (χ0v) is 11.9.